The zero-order valence-corrected chi connectivity index (χ0v) is 11.7. The molecular formula is C14H24O2S. The molecule has 2 unspecified atom stereocenters. The van der Waals surface area contributed by atoms with Crippen molar-refractivity contribution in [3.63, 3.8) is 0 Å². The first-order valence-corrected chi connectivity index (χ1v) is 8.21. The summed E-state index contributed by atoms with van der Waals surface area (Å²) in [5, 5.41) is 0. The maximum absolute atomic E-state index is 11.8. The molecule has 1 saturated carbocycles. The summed E-state index contributed by atoms with van der Waals surface area (Å²) >= 11 is 0. The van der Waals surface area contributed by atoms with Crippen molar-refractivity contribution in [2.45, 2.75) is 63.0 Å². The van der Waals surface area contributed by atoms with E-state index in [4.69, 9.17) is 4.74 Å². The predicted molar refractivity (Wildman–Crippen MR) is 72.4 cm³/mol. The highest BCUT2D eigenvalue weighted by Crippen LogP contribution is 2.31. The van der Waals surface area contributed by atoms with Crippen molar-refractivity contribution in [2.24, 2.45) is 0 Å². The van der Waals surface area contributed by atoms with Crippen molar-refractivity contribution < 1.29 is 8.95 Å². The molecule has 1 aliphatic carbocycles. The van der Waals surface area contributed by atoms with E-state index in [2.05, 4.69) is 6.92 Å². The summed E-state index contributed by atoms with van der Waals surface area (Å²) in [6, 6.07) is 0. The fourth-order valence-electron chi connectivity index (χ4n) is 2.75. The molecule has 2 aliphatic rings. The molecule has 1 aliphatic heterocycles. The van der Waals surface area contributed by atoms with Crippen LogP contribution in [0.1, 0.15) is 58.3 Å². The summed E-state index contributed by atoms with van der Waals surface area (Å²) in [7, 11) is -0.635. The van der Waals surface area contributed by atoms with Gasteiger partial charge in [-0.2, -0.15) is 0 Å². The van der Waals surface area contributed by atoms with Crippen molar-refractivity contribution >= 4 is 10.8 Å². The molecule has 0 radical (unpaired) electrons. The van der Waals surface area contributed by atoms with E-state index in [0.29, 0.717) is 0 Å². The standard InChI is InChI=1S/C14H24O2S/c1-14(8-5-11-17(14)15)9-10-16-12-13-6-3-2-4-7-13/h12H,2-11H2,1H3. The quantitative estimate of drug-likeness (QED) is 0.568. The Labute approximate surface area is 107 Å². The minimum absolute atomic E-state index is 0.0189. The van der Waals surface area contributed by atoms with Crippen LogP contribution >= 0.6 is 0 Å². The molecule has 2 fully saturated rings. The van der Waals surface area contributed by atoms with Crippen molar-refractivity contribution in [1.82, 2.24) is 0 Å². The second-order valence-electron chi connectivity index (χ2n) is 5.56. The van der Waals surface area contributed by atoms with Gasteiger partial charge in [-0.15, -0.1) is 0 Å². The van der Waals surface area contributed by atoms with Crippen molar-refractivity contribution in [3.05, 3.63) is 11.8 Å². The number of hydrogen-bond donors (Lipinski definition) is 0. The van der Waals surface area contributed by atoms with Gasteiger partial charge in [0.25, 0.3) is 0 Å². The Kier molecular flexibility index (Phi) is 4.66. The van der Waals surface area contributed by atoms with E-state index in [9.17, 15) is 4.21 Å². The van der Waals surface area contributed by atoms with Gasteiger partial charge in [0.2, 0.25) is 0 Å². The Balaban J connectivity index is 1.70. The minimum atomic E-state index is -0.635. The lowest BCUT2D eigenvalue weighted by Gasteiger charge is -2.21. The molecule has 0 aromatic rings. The lowest BCUT2D eigenvalue weighted by atomic mass is 9.96. The average molecular weight is 256 g/mol. The van der Waals surface area contributed by atoms with E-state index in [1.807, 2.05) is 6.26 Å². The highest BCUT2D eigenvalue weighted by molar-refractivity contribution is 7.86. The minimum Gasteiger partial charge on any atom is -0.501 e. The summed E-state index contributed by atoms with van der Waals surface area (Å²) in [6.07, 6.45) is 11.5. The summed E-state index contributed by atoms with van der Waals surface area (Å²) in [5.41, 5.74) is 1.47. The van der Waals surface area contributed by atoms with Crippen molar-refractivity contribution in [1.29, 1.82) is 0 Å². The molecule has 2 rings (SSSR count). The van der Waals surface area contributed by atoms with E-state index in [1.54, 1.807) is 0 Å². The molecule has 1 saturated heterocycles. The Morgan fingerprint density at radius 1 is 1.29 bits per heavy atom. The highest BCUT2D eigenvalue weighted by atomic mass is 32.2. The monoisotopic (exact) mass is 256 g/mol. The second-order valence-corrected chi connectivity index (χ2v) is 7.65. The number of hydrogen-bond acceptors (Lipinski definition) is 2. The largest absolute Gasteiger partial charge is 0.501 e. The van der Waals surface area contributed by atoms with Gasteiger partial charge < -0.3 is 4.74 Å². The van der Waals surface area contributed by atoms with E-state index in [-0.39, 0.29) is 4.75 Å². The van der Waals surface area contributed by atoms with E-state index >= 15 is 0 Å². The van der Waals surface area contributed by atoms with E-state index in [0.717, 1.165) is 31.6 Å². The Morgan fingerprint density at radius 3 is 2.71 bits per heavy atom. The maximum Gasteiger partial charge on any atom is 0.0887 e. The smallest absolute Gasteiger partial charge is 0.0887 e. The third-order valence-corrected chi connectivity index (χ3v) is 6.25. The van der Waals surface area contributed by atoms with Crippen LogP contribution in [0, 0.1) is 0 Å². The molecule has 0 bridgehead atoms. The van der Waals surface area contributed by atoms with Crippen LogP contribution in [-0.4, -0.2) is 21.3 Å². The fraction of sp³-hybridized carbons (Fsp3) is 0.857. The van der Waals surface area contributed by atoms with Gasteiger partial charge in [0.15, 0.2) is 0 Å². The highest BCUT2D eigenvalue weighted by Gasteiger charge is 2.35. The Morgan fingerprint density at radius 2 is 2.06 bits per heavy atom. The van der Waals surface area contributed by atoms with Gasteiger partial charge in [-0.1, -0.05) is 6.42 Å². The molecule has 1 heterocycles. The lowest BCUT2D eigenvalue weighted by Crippen LogP contribution is -2.27. The molecule has 17 heavy (non-hydrogen) atoms. The van der Waals surface area contributed by atoms with Crippen LogP contribution in [-0.2, 0) is 15.5 Å². The predicted octanol–water partition coefficient (Wildman–Crippen LogP) is 3.54. The van der Waals surface area contributed by atoms with Crippen LogP contribution in [0.4, 0.5) is 0 Å². The van der Waals surface area contributed by atoms with Gasteiger partial charge in [-0.3, -0.25) is 4.21 Å². The van der Waals surface area contributed by atoms with E-state index < -0.39 is 10.8 Å². The molecule has 2 nitrogen and oxygen atoms in total. The van der Waals surface area contributed by atoms with Crippen LogP contribution in [0.3, 0.4) is 0 Å². The second kappa shape index (κ2) is 6.03. The molecule has 0 aromatic carbocycles. The summed E-state index contributed by atoms with van der Waals surface area (Å²) in [4.78, 5) is 0. The molecule has 0 N–H and O–H groups in total. The van der Waals surface area contributed by atoms with Crippen LogP contribution < -0.4 is 0 Å². The molecular weight excluding hydrogens is 232 g/mol. The van der Waals surface area contributed by atoms with Crippen LogP contribution in [0.2, 0.25) is 0 Å². The SMILES string of the molecule is CC1(CCOC=C2CCCCC2)CCCS1=O. The molecule has 98 valence electrons. The third kappa shape index (κ3) is 3.57. The van der Waals surface area contributed by atoms with Gasteiger partial charge in [0.05, 0.1) is 12.9 Å². The molecule has 2 atom stereocenters. The molecule has 0 aromatic heterocycles. The van der Waals surface area contributed by atoms with Crippen molar-refractivity contribution in [3.8, 4) is 0 Å². The van der Waals surface area contributed by atoms with Gasteiger partial charge >= 0.3 is 0 Å². The summed E-state index contributed by atoms with van der Waals surface area (Å²) in [5.74, 6) is 0.886. The van der Waals surface area contributed by atoms with Crippen molar-refractivity contribution in [2.75, 3.05) is 12.4 Å². The van der Waals surface area contributed by atoms with Crippen LogP contribution in [0.15, 0.2) is 11.8 Å². The summed E-state index contributed by atoms with van der Waals surface area (Å²) in [6.45, 7) is 2.87. The van der Waals surface area contributed by atoms with E-state index in [1.165, 1.54) is 37.7 Å². The zero-order chi connectivity index (χ0) is 12.1. The topological polar surface area (TPSA) is 26.3 Å². The normalized spacial score (nSPS) is 33.7. The number of ether oxygens (including phenoxy) is 1. The first kappa shape index (κ1) is 13.1. The third-order valence-electron chi connectivity index (χ3n) is 4.08. The number of rotatable bonds is 4. The number of allylic oxidation sites excluding steroid dienone is 1. The van der Waals surface area contributed by atoms with Crippen LogP contribution in [0.5, 0.6) is 0 Å². The van der Waals surface area contributed by atoms with Crippen LogP contribution in [0.25, 0.3) is 0 Å². The molecule has 0 spiro atoms. The fourth-order valence-corrected chi connectivity index (χ4v) is 4.33. The lowest BCUT2D eigenvalue weighted by molar-refractivity contribution is 0.225. The Hall–Kier alpha value is -0.310. The zero-order valence-electron chi connectivity index (χ0n) is 10.9. The van der Waals surface area contributed by atoms with Gasteiger partial charge in [0, 0.05) is 21.3 Å². The maximum atomic E-state index is 11.8. The molecule has 0 amide bonds. The first-order valence-electron chi connectivity index (χ1n) is 6.89. The van der Waals surface area contributed by atoms with Gasteiger partial charge in [0.1, 0.15) is 0 Å². The van der Waals surface area contributed by atoms with Gasteiger partial charge in [-0.05, 0) is 57.4 Å². The average Bonchev–Trinajstić information content (AvgIpc) is 2.67. The summed E-state index contributed by atoms with van der Waals surface area (Å²) < 4.78 is 17.5. The Bertz CT molecular complexity index is 303. The molecule has 3 heteroatoms. The first-order chi connectivity index (χ1) is 8.21. The van der Waals surface area contributed by atoms with Gasteiger partial charge in [-0.25, -0.2) is 0 Å².